The minimum Gasteiger partial charge on any atom is -0.480 e. The second-order valence-electron chi connectivity index (χ2n) is 8.00. The van der Waals surface area contributed by atoms with E-state index in [1.807, 2.05) is 0 Å². The van der Waals surface area contributed by atoms with Crippen molar-refractivity contribution in [3.8, 4) is 0 Å². The van der Waals surface area contributed by atoms with E-state index in [0.717, 1.165) is 0 Å². The Balaban J connectivity index is 4.89. The highest BCUT2D eigenvalue weighted by atomic mass is 32.1. The van der Waals surface area contributed by atoms with E-state index < -0.39 is 60.3 Å². The minimum absolute atomic E-state index is 0.0554. The number of unbranched alkanes of at least 4 members (excludes halogenated alkanes) is 1. The number of carbonyl (C=O) groups is 5. The number of nitrogens with zero attached hydrogens (tertiary/aromatic N) is 1. The van der Waals surface area contributed by atoms with Gasteiger partial charge < -0.3 is 49.3 Å². The number of thiol groups is 1. The number of rotatable bonds is 18. The predicted molar refractivity (Wildman–Crippen MR) is 137 cm³/mol. The number of carbonyl (C=O) groups excluding carboxylic acids is 4. The fourth-order valence-electron chi connectivity index (χ4n) is 2.83. The van der Waals surface area contributed by atoms with Crippen LogP contribution in [0.5, 0.6) is 0 Å². The molecule has 4 atom stereocenters. The number of nitrogens with two attached hydrogens (primary N) is 4. The van der Waals surface area contributed by atoms with E-state index >= 15 is 0 Å². The lowest BCUT2D eigenvalue weighted by atomic mass is 10.1. The molecule has 16 heteroatoms. The maximum absolute atomic E-state index is 12.5. The molecule has 0 aliphatic carbocycles. The first kappa shape index (κ1) is 32.9. The van der Waals surface area contributed by atoms with Crippen molar-refractivity contribution in [3.63, 3.8) is 0 Å². The number of hydrogen-bond acceptors (Lipinski definition) is 9. The second-order valence-corrected chi connectivity index (χ2v) is 8.37. The Hall–Kier alpha value is -3.11. The van der Waals surface area contributed by atoms with Gasteiger partial charge in [0.25, 0.3) is 0 Å². The summed E-state index contributed by atoms with van der Waals surface area (Å²) in [5.41, 5.74) is 21.4. The standard InChI is InChI=1S/C20H39N9O6S/c1-11(22)16(31)28-12(5-2-3-7-21)17(32)26-9-15(30)27-14(10-36)18(33)29-13(19(34)35)6-4-8-25-20(23)24/h11-14,36H,2-10,21-22H2,1H3,(H,26,32)(H,27,30)(H,28,31)(H,29,33)(H,34,35)(H4,23,24,25)/t11-,12-,13-,14-/m0/s1. The van der Waals surface area contributed by atoms with Crippen LogP contribution in [0, 0.1) is 0 Å². The zero-order valence-electron chi connectivity index (χ0n) is 20.4. The molecule has 36 heavy (non-hydrogen) atoms. The molecule has 0 aromatic heterocycles. The van der Waals surface area contributed by atoms with Crippen molar-refractivity contribution < 1.29 is 29.1 Å². The summed E-state index contributed by atoms with van der Waals surface area (Å²) in [5.74, 6) is -4.12. The topological polar surface area (TPSA) is 270 Å². The highest BCUT2D eigenvalue weighted by Crippen LogP contribution is 2.02. The zero-order valence-corrected chi connectivity index (χ0v) is 21.3. The molecule has 0 aromatic rings. The fourth-order valence-corrected chi connectivity index (χ4v) is 3.09. The van der Waals surface area contributed by atoms with Crippen LogP contribution in [0.15, 0.2) is 4.99 Å². The summed E-state index contributed by atoms with van der Waals surface area (Å²) in [6.45, 7) is 1.59. The maximum atomic E-state index is 12.5. The van der Waals surface area contributed by atoms with Gasteiger partial charge in [0.1, 0.15) is 18.1 Å². The fraction of sp³-hybridized carbons (Fsp3) is 0.700. The molecule has 0 aromatic carbocycles. The van der Waals surface area contributed by atoms with E-state index in [1.54, 1.807) is 0 Å². The van der Waals surface area contributed by atoms with Crippen molar-refractivity contribution in [2.24, 2.45) is 27.9 Å². The van der Waals surface area contributed by atoms with Gasteiger partial charge in [0, 0.05) is 12.3 Å². The summed E-state index contributed by atoms with van der Waals surface area (Å²) in [7, 11) is 0. The van der Waals surface area contributed by atoms with Gasteiger partial charge in [-0.2, -0.15) is 12.6 Å². The van der Waals surface area contributed by atoms with Crippen LogP contribution in [0.3, 0.4) is 0 Å². The maximum Gasteiger partial charge on any atom is 0.326 e. The lowest BCUT2D eigenvalue weighted by Gasteiger charge is -2.21. The number of aliphatic carboxylic acids is 1. The van der Waals surface area contributed by atoms with Crippen molar-refractivity contribution in [1.29, 1.82) is 0 Å². The molecule has 0 saturated heterocycles. The summed E-state index contributed by atoms with van der Waals surface area (Å²) < 4.78 is 0. The van der Waals surface area contributed by atoms with Crippen molar-refractivity contribution in [1.82, 2.24) is 21.3 Å². The molecule has 0 fully saturated rings. The van der Waals surface area contributed by atoms with Crippen molar-refractivity contribution in [2.75, 3.05) is 25.4 Å². The molecule has 0 saturated carbocycles. The molecule has 4 amide bonds. The smallest absolute Gasteiger partial charge is 0.326 e. The first-order valence-electron chi connectivity index (χ1n) is 11.4. The number of guanidine groups is 1. The van der Waals surface area contributed by atoms with Crippen LogP contribution in [0.1, 0.15) is 39.0 Å². The molecule has 0 heterocycles. The van der Waals surface area contributed by atoms with Crippen LogP contribution < -0.4 is 44.2 Å². The average Bonchev–Trinajstić information content (AvgIpc) is 2.81. The van der Waals surface area contributed by atoms with E-state index in [0.29, 0.717) is 32.2 Å². The quantitative estimate of drug-likeness (QED) is 0.0354. The highest BCUT2D eigenvalue weighted by molar-refractivity contribution is 7.80. The summed E-state index contributed by atoms with van der Waals surface area (Å²) in [6, 6.07) is -4.13. The Kier molecular flexibility index (Phi) is 16.6. The predicted octanol–water partition coefficient (Wildman–Crippen LogP) is -3.90. The van der Waals surface area contributed by atoms with E-state index in [4.69, 9.17) is 22.9 Å². The summed E-state index contributed by atoms with van der Waals surface area (Å²) in [4.78, 5) is 64.4. The summed E-state index contributed by atoms with van der Waals surface area (Å²) in [6.07, 6.45) is 1.86. The third-order valence-corrected chi connectivity index (χ3v) is 5.18. The molecular formula is C20H39N9O6S. The Morgan fingerprint density at radius 3 is 2.03 bits per heavy atom. The summed E-state index contributed by atoms with van der Waals surface area (Å²) in [5, 5.41) is 19.0. The monoisotopic (exact) mass is 533 g/mol. The SMILES string of the molecule is C[C@H](N)C(=O)N[C@@H](CCCCN)C(=O)NCC(=O)N[C@@H](CS)C(=O)N[C@@H](CCCN=C(N)N)C(=O)O. The van der Waals surface area contributed by atoms with Crippen molar-refractivity contribution in [3.05, 3.63) is 0 Å². The van der Waals surface area contributed by atoms with Gasteiger partial charge in [-0.15, -0.1) is 0 Å². The Bertz CT molecular complexity index is 777. The average molecular weight is 534 g/mol. The van der Waals surface area contributed by atoms with E-state index in [-0.39, 0.29) is 24.7 Å². The Morgan fingerprint density at radius 1 is 0.889 bits per heavy atom. The molecule has 13 N–H and O–H groups in total. The zero-order chi connectivity index (χ0) is 27.7. The highest BCUT2D eigenvalue weighted by Gasteiger charge is 2.26. The second kappa shape index (κ2) is 18.2. The lowest BCUT2D eigenvalue weighted by Crippen LogP contribution is -2.55. The molecule has 0 aliphatic heterocycles. The molecule has 0 bridgehead atoms. The van der Waals surface area contributed by atoms with Crippen LogP contribution in [0.2, 0.25) is 0 Å². The number of hydrogen-bond donors (Lipinski definition) is 10. The van der Waals surface area contributed by atoms with Gasteiger partial charge in [0.05, 0.1) is 12.6 Å². The first-order valence-corrected chi connectivity index (χ1v) is 12.1. The third kappa shape index (κ3) is 14.3. The van der Waals surface area contributed by atoms with Crippen molar-refractivity contribution in [2.45, 2.75) is 63.2 Å². The molecule has 206 valence electrons. The summed E-state index contributed by atoms with van der Waals surface area (Å²) >= 11 is 4.03. The normalized spacial score (nSPS) is 13.9. The molecular weight excluding hydrogens is 494 g/mol. The van der Waals surface area contributed by atoms with Gasteiger partial charge >= 0.3 is 5.97 Å². The molecule has 0 aliphatic rings. The third-order valence-electron chi connectivity index (χ3n) is 4.81. The largest absolute Gasteiger partial charge is 0.480 e. The van der Waals surface area contributed by atoms with E-state index in [1.165, 1.54) is 6.92 Å². The van der Waals surface area contributed by atoms with Crippen LogP contribution in [0.4, 0.5) is 0 Å². The first-order chi connectivity index (χ1) is 16.9. The van der Waals surface area contributed by atoms with Gasteiger partial charge in [-0.3, -0.25) is 24.2 Å². The van der Waals surface area contributed by atoms with Crippen LogP contribution in [-0.4, -0.2) is 90.2 Å². The molecule has 15 nitrogen and oxygen atoms in total. The Morgan fingerprint density at radius 2 is 1.50 bits per heavy atom. The number of nitrogens with one attached hydrogen (secondary N) is 4. The van der Waals surface area contributed by atoms with Crippen LogP contribution in [-0.2, 0) is 24.0 Å². The van der Waals surface area contributed by atoms with Gasteiger partial charge in [-0.1, -0.05) is 0 Å². The number of carboxylic acid groups (broad SMARTS) is 1. The molecule has 0 spiro atoms. The number of carboxylic acids is 1. The van der Waals surface area contributed by atoms with Gasteiger partial charge in [0.15, 0.2) is 5.96 Å². The number of aliphatic imine (C=N–C) groups is 1. The van der Waals surface area contributed by atoms with Gasteiger partial charge in [-0.25, -0.2) is 4.79 Å². The number of amides is 4. The van der Waals surface area contributed by atoms with Gasteiger partial charge in [0.2, 0.25) is 23.6 Å². The molecule has 0 radical (unpaired) electrons. The van der Waals surface area contributed by atoms with Crippen LogP contribution in [0.25, 0.3) is 0 Å². The van der Waals surface area contributed by atoms with Crippen molar-refractivity contribution >= 4 is 48.2 Å². The van der Waals surface area contributed by atoms with Crippen LogP contribution >= 0.6 is 12.6 Å². The molecule has 0 unspecified atom stereocenters. The van der Waals surface area contributed by atoms with Gasteiger partial charge in [-0.05, 0) is 45.6 Å². The minimum atomic E-state index is -1.26. The molecule has 0 rings (SSSR count). The van der Waals surface area contributed by atoms with E-state index in [2.05, 4.69) is 38.9 Å². The van der Waals surface area contributed by atoms with E-state index in [9.17, 15) is 29.1 Å². The Labute approximate surface area is 215 Å². The lowest BCUT2D eigenvalue weighted by molar-refractivity contribution is -0.142.